The van der Waals surface area contributed by atoms with Crippen LogP contribution in [0.25, 0.3) is 0 Å². The van der Waals surface area contributed by atoms with Crippen molar-refractivity contribution in [2.45, 2.75) is 33.6 Å². The zero-order valence-electron chi connectivity index (χ0n) is 12.8. The van der Waals surface area contributed by atoms with Crippen molar-refractivity contribution in [1.29, 1.82) is 0 Å². The zero-order valence-corrected chi connectivity index (χ0v) is 16.5. The Hall–Kier alpha value is 0.110. The van der Waals surface area contributed by atoms with Gasteiger partial charge in [0, 0.05) is 23.0 Å². The van der Waals surface area contributed by atoms with Crippen LogP contribution < -0.4 is 39.4 Å². The molecule has 0 bridgehead atoms. The van der Waals surface area contributed by atoms with Gasteiger partial charge in [-0.05, 0) is 31.4 Å². The molecule has 116 valence electrons. The maximum absolute atomic E-state index is 11.5. The molecule has 0 spiro atoms. The van der Waals surface area contributed by atoms with Crippen LogP contribution in [0.1, 0.15) is 28.8 Å². The van der Waals surface area contributed by atoms with Crippen LogP contribution >= 0.6 is 23.5 Å². The van der Waals surface area contributed by atoms with Gasteiger partial charge in [0.2, 0.25) is 0 Å². The maximum atomic E-state index is 11.5. The predicted molar refractivity (Wildman–Crippen MR) is 79.9 cm³/mol. The fourth-order valence-electron chi connectivity index (χ4n) is 2.45. The number of methoxy groups -OCH3 is 1. The van der Waals surface area contributed by atoms with E-state index in [1.165, 1.54) is 30.6 Å². The molecule has 0 saturated heterocycles. The summed E-state index contributed by atoms with van der Waals surface area (Å²) in [4.78, 5) is 12.9. The van der Waals surface area contributed by atoms with Crippen molar-refractivity contribution in [3.63, 3.8) is 0 Å². The molecule has 22 heavy (non-hydrogen) atoms. The van der Waals surface area contributed by atoms with Crippen LogP contribution in [0.5, 0.6) is 5.75 Å². The molecule has 8 heteroatoms. The van der Waals surface area contributed by atoms with Crippen molar-refractivity contribution >= 4 is 29.5 Å². The molecule has 0 aliphatic carbocycles. The third-order valence-corrected chi connectivity index (χ3v) is 6.72. The third kappa shape index (κ3) is 3.77. The Labute approximate surface area is 160 Å². The van der Waals surface area contributed by atoms with Gasteiger partial charge in [0.15, 0.2) is 0 Å². The van der Waals surface area contributed by atoms with Crippen molar-refractivity contribution in [3.05, 3.63) is 17.2 Å². The van der Waals surface area contributed by atoms with Gasteiger partial charge in [-0.2, -0.15) is 0 Å². The smallest absolute Gasteiger partial charge is 0.545 e. The quantitative estimate of drug-likeness (QED) is 0.574. The van der Waals surface area contributed by atoms with Crippen LogP contribution in [0.15, 0.2) is 15.9 Å². The fraction of sp³-hybridized carbons (Fsp3) is 0.500. The molecule has 0 saturated carbocycles. The molecule has 1 aliphatic rings. The molecule has 0 radical (unpaired) electrons. The first-order valence-electron chi connectivity index (χ1n) is 6.50. The molecule has 1 heterocycles. The SMILES string of the molecule is COc1c(C)cc2c(c1C(=O)[O-])SC(CCO)(CCO)S2.[Na+]. The second-order valence-electron chi connectivity index (χ2n) is 4.78. The minimum Gasteiger partial charge on any atom is -0.545 e. The summed E-state index contributed by atoms with van der Waals surface area (Å²) in [6.07, 6.45) is 0.927. The Morgan fingerprint density at radius 1 is 1.32 bits per heavy atom. The average molecular weight is 352 g/mol. The van der Waals surface area contributed by atoms with Crippen molar-refractivity contribution in [2.75, 3.05) is 20.3 Å². The van der Waals surface area contributed by atoms with E-state index in [-0.39, 0.29) is 48.3 Å². The number of hydrogen-bond acceptors (Lipinski definition) is 7. The fourth-order valence-corrected chi connectivity index (χ4v) is 5.80. The molecule has 1 aliphatic heterocycles. The number of carboxylic acid groups (broad SMARTS) is 1. The van der Waals surface area contributed by atoms with E-state index in [0.717, 1.165) is 10.5 Å². The van der Waals surface area contributed by atoms with Gasteiger partial charge in [-0.1, -0.05) is 0 Å². The summed E-state index contributed by atoms with van der Waals surface area (Å²) < 4.78 is 4.76. The molecule has 0 fully saturated rings. The number of carbonyl (C=O) groups is 1. The summed E-state index contributed by atoms with van der Waals surface area (Å²) in [6, 6.07) is 1.88. The van der Waals surface area contributed by atoms with Crippen LogP contribution in [0.4, 0.5) is 0 Å². The summed E-state index contributed by atoms with van der Waals surface area (Å²) in [7, 11) is 1.43. The van der Waals surface area contributed by atoms with E-state index >= 15 is 0 Å². The van der Waals surface area contributed by atoms with Gasteiger partial charge in [-0.15, -0.1) is 23.5 Å². The van der Waals surface area contributed by atoms with E-state index in [1.807, 2.05) is 6.07 Å². The Kier molecular flexibility index (Phi) is 7.59. The molecule has 1 aromatic rings. The number of benzene rings is 1. The Bertz CT molecular complexity index is 559. The monoisotopic (exact) mass is 352 g/mol. The van der Waals surface area contributed by atoms with E-state index in [0.29, 0.717) is 23.5 Å². The summed E-state index contributed by atoms with van der Waals surface area (Å²) in [5, 5.41) is 30.0. The zero-order chi connectivity index (χ0) is 15.6. The van der Waals surface area contributed by atoms with Crippen molar-refractivity contribution in [1.82, 2.24) is 0 Å². The number of fused-ring (bicyclic) bond motifs is 1. The molecule has 2 rings (SSSR count). The van der Waals surface area contributed by atoms with Gasteiger partial charge in [0.25, 0.3) is 0 Å². The molecule has 1 aromatic carbocycles. The second kappa shape index (κ2) is 8.28. The number of aliphatic hydroxyl groups excluding tert-OH is 2. The topological polar surface area (TPSA) is 89.8 Å². The van der Waals surface area contributed by atoms with Crippen LogP contribution in [0, 0.1) is 6.92 Å². The number of aliphatic hydroxyl groups is 2. The molecule has 0 atom stereocenters. The summed E-state index contributed by atoms with van der Waals surface area (Å²) in [5.74, 6) is -0.964. The van der Waals surface area contributed by atoms with Gasteiger partial charge in [0.05, 0.1) is 22.7 Å². The number of carboxylic acids is 1. The van der Waals surface area contributed by atoms with Crippen LogP contribution in [-0.2, 0) is 0 Å². The molecule has 5 nitrogen and oxygen atoms in total. The normalized spacial score (nSPS) is 15.1. The number of rotatable bonds is 6. The van der Waals surface area contributed by atoms with E-state index < -0.39 is 10.0 Å². The molecular formula is C14H17NaO5S2. The number of ether oxygens (including phenoxy) is 1. The summed E-state index contributed by atoms with van der Waals surface area (Å²) in [6.45, 7) is 1.74. The van der Waals surface area contributed by atoms with Gasteiger partial charge in [-0.3, -0.25) is 0 Å². The van der Waals surface area contributed by atoms with E-state index in [4.69, 9.17) is 4.74 Å². The van der Waals surface area contributed by atoms with E-state index in [1.54, 1.807) is 6.92 Å². The minimum atomic E-state index is -1.27. The van der Waals surface area contributed by atoms with Gasteiger partial charge < -0.3 is 24.9 Å². The van der Waals surface area contributed by atoms with Crippen LogP contribution in [0.3, 0.4) is 0 Å². The second-order valence-corrected chi connectivity index (χ2v) is 7.86. The average Bonchev–Trinajstić information content (AvgIpc) is 2.75. The molecule has 0 amide bonds. The number of hydrogen-bond donors (Lipinski definition) is 2. The van der Waals surface area contributed by atoms with Gasteiger partial charge >= 0.3 is 29.6 Å². The first kappa shape index (κ1) is 20.2. The Balaban J connectivity index is 0.00000242. The molecule has 0 unspecified atom stereocenters. The van der Waals surface area contributed by atoms with E-state index in [2.05, 4.69) is 0 Å². The van der Waals surface area contributed by atoms with Gasteiger partial charge in [0.1, 0.15) is 5.75 Å². The number of carbonyl (C=O) groups excluding carboxylic acids is 1. The Morgan fingerprint density at radius 2 is 1.91 bits per heavy atom. The van der Waals surface area contributed by atoms with Crippen molar-refractivity contribution in [2.24, 2.45) is 0 Å². The van der Waals surface area contributed by atoms with Crippen LogP contribution in [-0.4, -0.2) is 40.6 Å². The Morgan fingerprint density at radius 3 is 2.36 bits per heavy atom. The van der Waals surface area contributed by atoms with Crippen molar-refractivity contribution in [3.8, 4) is 5.75 Å². The molecule has 2 N–H and O–H groups in total. The maximum Gasteiger partial charge on any atom is 1.00 e. The first-order valence-corrected chi connectivity index (χ1v) is 8.14. The predicted octanol–water partition coefficient (Wildman–Crippen LogP) is -1.97. The number of aromatic carboxylic acids is 1. The van der Waals surface area contributed by atoms with Crippen molar-refractivity contribution < 1.29 is 54.4 Å². The third-order valence-electron chi connectivity index (χ3n) is 3.36. The molecule has 0 aromatic heterocycles. The number of thioether (sulfide) groups is 2. The summed E-state index contributed by atoms with van der Waals surface area (Å²) in [5.41, 5.74) is 0.787. The number of aryl methyl sites for hydroxylation is 1. The van der Waals surface area contributed by atoms with Gasteiger partial charge in [-0.25, -0.2) is 0 Å². The van der Waals surface area contributed by atoms with Crippen LogP contribution in [0.2, 0.25) is 0 Å². The van der Waals surface area contributed by atoms with E-state index in [9.17, 15) is 20.1 Å². The summed E-state index contributed by atoms with van der Waals surface area (Å²) >= 11 is 2.86. The first-order chi connectivity index (χ1) is 9.98. The standard InChI is InChI=1S/C14H18O5S2.Na/c1-8-7-9-12(10(13(17)18)11(8)19-2)21-14(20-9,3-5-15)4-6-16;/h7,15-16H,3-6H2,1-2H3,(H,17,18);/q;+1/p-1. The largest absolute Gasteiger partial charge is 1.00 e. The molecular weight excluding hydrogens is 335 g/mol. The minimum absolute atomic E-state index is 0.